The van der Waals surface area contributed by atoms with Gasteiger partial charge in [0.25, 0.3) is 5.91 Å². The molecule has 1 N–H and O–H groups in total. The molecule has 0 saturated carbocycles. The monoisotopic (exact) mass is 398 g/mol. The Hall–Kier alpha value is -2.73. The maximum Gasteiger partial charge on any atom is 0.254 e. The zero-order valence-corrected chi connectivity index (χ0v) is 17.4. The number of likely N-dealkylation sites (tertiary alicyclic amines) is 1. The Morgan fingerprint density at radius 2 is 1.69 bits per heavy atom. The van der Waals surface area contributed by atoms with Gasteiger partial charge in [-0.15, -0.1) is 0 Å². The zero-order valence-electron chi connectivity index (χ0n) is 17.4. The SMILES string of the molecule is CNCC1CCN(C(=O)c2cc(OC)c(OCc3ccccc3)c(OC)c2)CC1. The molecule has 6 heteroatoms. The molecule has 0 unspecified atom stereocenters. The van der Waals surface area contributed by atoms with Crippen LogP contribution in [0.1, 0.15) is 28.8 Å². The minimum atomic E-state index is -0.000818. The largest absolute Gasteiger partial charge is 0.493 e. The van der Waals surface area contributed by atoms with Crippen LogP contribution in [0.4, 0.5) is 0 Å². The summed E-state index contributed by atoms with van der Waals surface area (Å²) in [5.41, 5.74) is 1.60. The molecular formula is C23H30N2O4. The highest BCUT2D eigenvalue weighted by Crippen LogP contribution is 2.39. The lowest BCUT2D eigenvalue weighted by molar-refractivity contribution is 0.0690. The van der Waals surface area contributed by atoms with Crippen molar-refractivity contribution < 1.29 is 19.0 Å². The number of hydrogen-bond donors (Lipinski definition) is 1. The number of carbonyl (C=O) groups is 1. The van der Waals surface area contributed by atoms with Crippen LogP contribution < -0.4 is 19.5 Å². The fourth-order valence-electron chi connectivity index (χ4n) is 3.69. The molecular weight excluding hydrogens is 368 g/mol. The first-order chi connectivity index (χ1) is 14.2. The van der Waals surface area contributed by atoms with Crippen LogP contribution in [0.25, 0.3) is 0 Å². The van der Waals surface area contributed by atoms with Gasteiger partial charge in [0.05, 0.1) is 14.2 Å². The molecule has 0 radical (unpaired) electrons. The molecule has 1 amide bonds. The summed E-state index contributed by atoms with van der Waals surface area (Å²) in [6.07, 6.45) is 2.03. The van der Waals surface area contributed by atoms with Crippen molar-refractivity contribution in [1.82, 2.24) is 10.2 Å². The van der Waals surface area contributed by atoms with Crippen LogP contribution in [-0.2, 0) is 6.61 Å². The number of amides is 1. The number of hydrogen-bond acceptors (Lipinski definition) is 5. The van der Waals surface area contributed by atoms with Crippen molar-refractivity contribution in [1.29, 1.82) is 0 Å². The van der Waals surface area contributed by atoms with Gasteiger partial charge in [0, 0.05) is 18.7 Å². The molecule has 0 atom stereocenters. The predicted molar refractivity (Wildman–Crippen MR) is 113 cm³/mol. The molecule has 2 aromatic carbocycles. The average Bonchev–Trinajstić information content (AvgIpc) is 2.78. The van der Waals surface area contributed by atoms with E-state index in [4.69, 9.17) is 14.2 Å². The summed E-state index contributed by atoms with van der Waals surface area (Å²) in [7, 11) is 5.11. The van der Waals surface area contributed by atoms with Gasteiger partial charge >= 0.3 is 0 Å². The molecule has 2 aromatic rings. The number of carbonyl (C=O) groups excluding carboxylic acids is 1. The Labute approximate surface area is 172 Å². The Morgan fingerprint density at radius 3 is 2.24 bits per heavy atom. The summed E-state index contributed by atoms with van der Waals surface area (Å²) in [4.78, 5) is 15.0. The van der Waals surface area contributed by atoms with Crippen molar-refractivity contribution in [2.45, 2.75) is 19.4 Å². The number of methoxy groups -OCH3 is 2. The Kier molecular flexibility index (Phi) is 7.36. The third-order valence-electron chi connectivity index (χ3n) is 5.33. The van der Waals surface area contributed by atoms with Crippen LogP contribution in [-0.4, -0.2) is 51.7 Å². The number of ether oxygens (including phenoxy) is 3. The molecule has 0 aromatic heterocycles. The van der Waals surface area contributed by atoms with Crippen LogP contribution >= 0.6 is 0 Å². The highest BCUT2D eigenvalue weighted by atomic mass is 16.5. The van der Waals surface area contributed by atoms with E-state index in [2.05, 4.69) is 5.32 Å². The number of benzene rings is 2. The third-order valence-corrected chi connectivity index (χ3v) is 5.33. The van der Waals surface area contributed by atoms with Gasteiger partial charge in [-0.1, -0.05) is 30.3 Å². The fraction of sp³-hybridized carbons (Fsp3) is 0.435. The van der Waals surface area contributed by atoms with E-state index in [9.17, 15) is 4.79 Å². The predicted octanol–water partition coefficient (Wildman–Crippen LogP) is 3.35. The van der Waals surface area contributed by atoms with Gasteiger partial charge in [0.1, 0.15) is 6.61 Å². The van der Waals surface area contributed by atoms with Crippen LogP contribution in [0.2, 0.25) is 0 Å². The van der Waals surface area contributed by atoms with Crippen LogP contribution in [0, 0.1) is 5.92 Å². The van der Waals surface area contributed by atoms with Crippen LogP contribution in [0.15, 0.2) is 42.5 Å². The molecule has 3 rings (SSSR count). The van der Waals surface area contributed by atoms with Gasteiger partial charge in [-0.05, 0) is 50.0 Å². The van der Waals surface area contributed by atoms with E-state index in [1.165, 1.54) is 0 Å². The van der Waals surface area contributed by atoms with E-state index in [1.54, 1.807) is 26.4 Å². The first-order valence-corrected chi connectivity index (χ1v) is 10.0. The van der Waals surface area contributed by atoms with Gasteiger partial charge in [0.15, 0.2) is 11.5 Å². The Morgan fingerprint density at radius 1 is 1.07 bits per heavy atom. The van der Waals surface area contributed by atoms with E-state index in [-0.39, 0.29) is 5.91 Å². The summed E-state index contributed by atoms with van der Waals surface area (Å²) < 4.78 is 17.0. The van der Waals surface area contributed by atoms with Crippen molar-refractivity contribution in [2.24, 2.45) is 5.92 Å². The Bertz CT molecular complexity index is 777. The van der Waals surface area contributed by atoms with Crippen molar-refractivity contribution in [2.75, 3.05) is 40.9 Å². The van der Waals surface area contributed by atoms with Gasteiger partial charge < -0.3 is 24.4 Å². The number of nitrogens with one attached hydrogen (secondary N) is 1. The summed E-state index contributed by atoms with van der Waals surface area (Å²) in [5.74, 6) is 2.12. The summed E-state index contributed by atoms with van der Waals surface area (Å²) in [6.45, 7) is 2.92. The second-order valence-corrected chi connectivity index (χ2v) is 7.28. The summed E-state index contributed by atoms with van der Waals surface area (Å²) in [5, 5.41) is 3.22. The molecule has 6 nitrogen and oxygen atoms in total. The first-order valence-electron chi connectivity index (χ1n) is 10.0. The summed E-state index contributed by atoms with van der Waals surface area (Å²) >= 11 is 0. The highest BCUT2D eigenvalue weighted by Gasteiger charge is 2.25. The molecule has 1 heterocycles. The Balaban J connectivity index is 1.75. The average molecular weight is 399 g/mol. The lowest BCUT2D eigenvalue weighted by atomic mass is 9.96. The molecule has 1 aliphatic rings. The molecule has 1 fully saturated rings. The van der Waals surface area contributed by atoms with Crippen molar-refractivity contribution >= 4 is 5.91 Å². The fourth-order valence-corrected chi connectivity index (χ4v) is 3.69. The van der Waals surface area contributed by atoms with E-state index < -0.39 is 0 Å². The maximum atomic E-state index is 13.0. The molecule has 29 heavy (non-hydrogen) atoms. The van der Waals surface area contributed by atoms with Crippen molar-refractivity contribution in [3.05, 3.63) is 53.6 Å². The van der Waals surface area contributed by atoms with E-state index >= 15 is 0 Å². The van der Waals surface area contributed by atoms with Gasteiger partial charge in [0.2, 0.25) is 5.75 Å². The first kappa shape index (κ1) is 21.0. The normalized spacial score (nSPS) is 14.5. The van der Waals surface area contributed by atoms with E-state index in [0.29, 0.717) is 35.3 Å². The number of piperidine rings is 1. The van der Waals surface area contributed by atoms with E-state index in [0.717, 1.165) is 38.0 Å². The molecule has 0 bridgehead atoms. The number of rotatable bonds is 8. The number of nitrogens with zero attached hydrogens (tertiary/aromatic N) is 1. The smallest absolute Gasteiger partial charge is 0.254 e. The molecule has 156 valence electrons. The molecule has 1 saturated heterocycles. The second-order valence-electron chi connectivity index (χ2n) is 7.28. The van der Waals surface area contributed by atoms with E-state index in [1.807, 2.05) is 42.3 Å². The van der Waals surface area contributed by atoms with Crippen LogP contribution in [0.5, 0.6) is 17.2 Å². The molecule has 1 aliphatic heterocycles. The third kappa shape index (κ3) is 5.21. The molecule has 0 aliphatic carbocycles. The topological polar surface area (TPSA) is 60.0 Å². The zero-order chi connectivity index (χ0) is 20.6. The lowest BCUT2D eigenvalue weighted by Crippen LogP contribution is -2.40. The highest BCUT2D eigenvalue weighted by molar-refractivity contribution is 5.95. The van der Waals surface area contributed by atoms with Gasteiger partial charge in [-0.3, -0.25) is 4.79 Å². The van der Waals surface area contributed by atoms with Crippen molar-refractivity contribution in [3.63, 3.8) is 0 Å². The quantitative estimate of drug-likeness (QED) is 0.739. The van der Waals surface area contributed by atoms with Crippen molar-refractivity contribution in [3.8, 4) is 17.2 Å². The maximum absolute atomic E-state index is 13.0. The molecule has 0 spiro atoms. The second kappa shape index (κ2) is 10.2. The summed E-state index contributed by atoms with van der Waals surface area (Å²) in [6, 6.07) is 13.4. The minimum Gasteiger partial charge on any atom is -0.493 e. The van der Waals surface area contributed by atoms with Gasteiger partial charge in [-0.2, -0.15) is 0 Å². The van der Waals surface area contributed by atoms with Crippen LogP contribution in [0.3, 0.4) is 0 Å². The minimum absolute atomic E-state index is 0.000818. The standard InChI is InChI=1S/C23H30N2O4/c1-24-15-17-9-11-25(12-10-17)23(26)19-13-20(27-2)22(21(14-19)28-3)29-16-18-7-5-4-6-8-18/h4-8,13-14,17,24H,9-12,15-16H2,1-3H3. The lowest BCUT2D eigenvalue weighted by Gasteiger charge is -2.32. The van der Waals surface area contributed by atoms with Gasteiger partial charge in [-0.25, -0.2) is 0 Å².